The predicted molar refractivity (Wildman–Crippen MR) is 177 cm³/mol. The second-order valence-corrected chi connectivity index (χ2v) is 15.5. The lowest BCUT2D eigenvalue weighted by Gasteiger charge is -2.56. The molecule has 8 rings (SSSR count). The second-order valence-electron chi connectivity index (χ2n) is 13.5. The summed E-state index contributed by atoms with van der Waals surface area (Å²) in [6.45, 7) is 0.287. The standard InChI is InChI=1S/C35H35ClF3N5O2S/c36-28-10-6-26(7-11-28)31-30(25-4-2-1-3-5-25)14-15-44(42-31)33(43-47(45,46)29-12-8-27(9-13-29)35(37,38)39)41-32(40)34-19-22-16-23(20-34)18-24(17-22)21-34/h1-13,22-24,30H,14-21H2,(H2,40,41,43). The van der Waals surface area contributed by atoms with Gasteiger partial charge in [-0.3, -0.25) is 0 Å². The van der Waals surface area contributed by atoms with Crippen molar-refractivity contribution >= 4 is 39.1 Å². The Morgan fingerprint density at radius 1 is 0.894 bits per heavy atom. The molecule has 4 fully saturated rings. The van der Waals surface area contributed by atoms with Gasteiger partial charge in [-0.25, -0.2) is 5.01 Å². The molecule has 1 atom stereocenters. The summed E-state index contributed by atoms with van der Waals surface area (Å²) in [6, 6.07) is 20.5. The van der Waals surface area contributed by atoms with Gasteiger partial charge in [-0.2, -0.15) is 31.7 Å². The first-order valence-electron chi connectivity index (χ1n) is 15.9. The van der Waals surface area contributed by atoms with E-state index in [1.807, 2.05) is 42.5 Å². The summed E-state index contributed by atoms with van der Waals surface area (Å²) in [4.78, 5) is 4.40. The fourth-order valence-corrected chi connectivity index (χ4v) is 9.49. The van der Waals surface area contributed by atoms with Gasteiger partial charge >= 0.3 is 6.18 Å². The summed E-state index contributed by atoms with van der Waals surface area (Å²) in [5, 5.41) is 7.00. The van der Waals surface area contributed by atoms with Crippen LogP contribution in [0.1, 0.15) is 67.6 Å². The first-order valence-corrected chi connectivity index (χ1v) is 17.7. The Balaban J connectivity index is 1.33. The largest absolute Gasteiger partial charge is 0.416 e. The molecule has 2 N–H and O–H groups in total. The van der Waals surface area contributed by atoms with Crippen LogP contribution in [-0.4, -0.2) is 37.5 Å². The number of halogens is 4. The summed E-state index contributed by atoms with van der Waals surface area (Å²) in [7, 11) is -4.50. The number of amidine groups is 1. The Morgan fingerprint density at radius 3 is 2.06 bits per heavy atom. The molecule has 1 aliphatic heterocycles. The van der Waals surface area contributed by atoms with E-state index in [9.17, 15) is 21.6 Å². The lowest BCUT2D eigenvalue weighted by molar-refractivity contribution is -0.137. The summed E-state index contributed by atoms with van der Waals surface area (Å²) < 4.78 is 71.2. The van der Waals surface area contributed by atoms with Gasteiger partial charge in [-0.15, -0.1) is 4.40 Å². The number of sulfonamides is 1. The second kappa shape index (κ2) is 12.1. The molecule has 3 aromatic rings. The van der Waals surface area contributed by atoms with Gasteiger partial charge < -0.3 is 5.73 Å². The third-order valence-electron chi connectivity index (χ3n) is 10.2. The molecular weight excluding hydrogens is 647 g/mol. The van der Waals surface area contributed by atoms with E-state index in [1.165, 1.54) is 24.3 Å². The smallest absolute Gasteiger partial charge is 0.387 e. The molecule has 0 spiro atoms. The number of guanidine groups is 1. The van der Waals surface area contributed by atoms with E-state index in [2.05, 4.69) is 4.40 Å². The molecular formula is C35H35ClF3N5O2S. The van der Waals surface area contributed by atoms with Crippen molar-refractivity contribution in [2.24, 2.45) is 43.4 Å². The highest BCUT2D eigenvalue weighted by molar-refractivity contribution is 7.90. The van der Waals surface area contributed by atoms with Gasteiger partial charge in [0.25, 0.3) is 16.0 Å². The average molecular weight is 682 g/mol. The molecule has 5 aliphatic rings. The van der Waals surface area contributed by atoms with Crippen molar-refractivity contribution in [3.05, 3.63) is 101 Å². The predicted octanol–water partition coefficient (Wildman–Crippen LogP) is 7.87. The first-order chi connectivity index (χ1) is 22.4. The van der Waals surface area contributed by atoms with Crippen molar-refractivity contribution < 1.29 is 21.6 Å². The van der Waals surface area contributed by atoms with E-state index >= 15 is 0 Å². The number of benzene rings is 3. The van der Waals surface area contributed by atoms with Crippen LogP contribution in [0.2, 0.25) is 5.02 Å². The van der Waals surface area contributed by atoms with E-state index in [0.717, 1.165) is 54.7 Å². The Hall–Kier alpha value is -3.70. The van der Waals surface area contributed by atoms with Crippen LogP contribution in [-0.2, 0) is 16.2 Å². The van der Waals surface area contributed by atoms with Crippen LogP contribution in [0.15, 0.2) is 98.2 Å². The van der Waals surface area contributed by atoms with E-state index < -0.39 is 21.8 Å². The van der Waals surface area contributed by atoms with Crippen LogP contribution in [0, 0.1) is 23.2 Å². The highest BCUT2D eigenvalue weighted by Gasteiger charge is 2.53. The fraction of sp³-hybridized carbons (Fsp3) is 0.400. The maximum atomic E-state index is 13.7. The summed E-state index contributed by atoms with van der Waals surface area (Å²) in [5.74, 6) is 1.76. The molecule has 0 aromatic heterocycles. The van der Waals surface area contributed by atoms with Crippen molar-refractivity contribution in [1.82, 2.24) is 5.01 Å². The highest BCUT2D eigenvalue weighted by Crippen LogP contribution is 2.60. The molecule has 0 amide bonds. The lowest BCUT2D eigenvalue weighted by atomic mass is 9.49. The Labute approximate surface area is 277 Å². The molecule has 246 valence electrons. The van der Waals surface area contributed by atoms with Crippen LogP contribution < -0.4 is 5.73 Å². The van der Waals surface area contributed by atoms with Gasteiger partial charge in [0.15, 0.2) is 0 Å². The molecule has 1 unspecified atom stereocenters. The topological polar surface area (TPSA) is 100 Å². The Morgan fingerprint density at radius 2 is 1.49 bits per heavy atom. The van der Waals surface area contributed by atoms with Gasteiger partial charge in [-0.05, 0) is 110 Å². The number of alkyl halides is 3. The molecule has 3 aromatic carbocycles. The number of hydrogen-bond donors (Lipinski definition) is 1. The van der Waals surface area contributed by atoms with Gasteiger partial charge in [0.2, 0.25) is 0 Å². The highest BCUT2D eigenvalue weighted by atomic mass is 35.5. The van der Waals surface area contributed by atoms with Crippen LogP contribution in [0.3, 0.4) is 0 Å². The quantitative estimate of drug-likeness (QED) is 0.219. The van der Waals surface area contributed by atoms with Crippen molar-refractivity contribution in [2.75, 3.05) is 6.54 Å². The van der Waals surface area contributed by atoms with Crippen molar-refractivity contribution in [2.45, 2.75) is 61.9 Å². The zero-order valence-corrected chi connectivity index (χ0v) is 27.1. The molecule has 47 heavy (non-hydrogen) atoms. The van der Waals surface area contributed by atoms with Gasteiger partial charge in [0.1, 0.15) is 5.84 Å². The number of rotatable bonds is 5. The molecule has 0 saturated heterocycles. The molecule has 4 saturated carbocycles. The van der Waals surface area contributed by atoms with Crippen LogP contribution in [0.4, 0.5) is 13.2 Å². The molecule has 7 nitrogen and oxygen atoms in total. The SMILES string of the molecule is N/C(=N\C(=N\S(=O)(=O)c1ccc(C(F)(F)F)cc1)N1CCC(c2ccccc2)C(c2ccc(Cl)cc2)=N1)C12CC3CC(CC(C3)C1)C2. The zero-order chi connectivity index (χ0) is 33.0. The summed E-state index contributed by atoms with van der Waals surface area (Å²) in [5.41, 5.74) is 8.09. The third kappa shape index (κ3) is 6.44. The van der Waals surface area contributed by atoms with E-state index in [-0.39, 0.29) is 28.7 Å². The normalized spacial score (nSPS) is 28.0. The summed E-state index contributed by atoms with van der Waals surface area (Å²) in [6.07, 6.45) is 2.25. The number of hydrazone groups is 1. The molecule has 12 heteroatoms. The maximum absolute atomic E-state index is 13.7. The van der Waals surface area contributed by atoms with Crippen LogP contribution in [0.5, 0.6) is 0 Å². The number of nitrogens with zero attached hydrogens (tertiary/aromatic N) is 4. The van der Waals surface area contributed by atoms with Crippen LogP contribution >= 0.6 is 11.6 Å². The van der Waals surface area contributed by atoms with E-state index in [1.54, 1.807) is 12.1 Å². The Kier molecular flexibility index (Phi) is 8.19. The number of aliphatic imine (C=N–C) groups is 1. The van der Waals surface area contributed by atoms with Crippen molar-refractivity contribution in [3.63, 3.8) is 0 Å². The van der Waals surface area contributed by atoms with Crippen LogP contribution in [0.25, 0.3) is 0 Å². The van der Waals surface area contributed by atoms with E-state index in [4.69, 9.17) is 27.4 Å². The van der Waals surface area contributed by atoms with Crippen molar-refractivity contribution in [1.29, 1.82) is 0 Å². The monoisotopic (exact) mass is 681 g/mol. The van der Waals surface area contributed by atoms with Crippen molar-refractivity contribution in [3.8, 4) is 0 Å². The zero-order valence-electron chi connectivity index (χ0n) is 25.6. The average Bonchev–Trinajstić information content (AvgIpc) is 3.04. The maximum Gasteiger partial charge on any atom is 0.416 e. The molecule has 0 radical (unpaired) electrons. The molecule has 4 aliphatic carbocycles. The van der Waals surface area contributed by atoms with E-state index in [0.29, 0.717) is 40.7 Å². The minimum absolute atomic E-state index is 0.106. The van der Waals surface area contributed by atoms with Gasteiger partial charge in [-0.1, -0.05) is 54.1 Å². The minimum Gasteiger partial charge on any atom is -0.387 e. The molecule has 1 heterocycles. The fourth-order valence-electron chi connectivity index (χ4n) is 8.42. The number of hydrogen-bond acceptors (Lipinski definition) is 3. The van der Waals surface area contributed by atoms with Gasteiger partial charge in [0, 0.05) is 22.9 Å². The minimum atomic E-state index is -4.61. The third-order valence-corrected chi connectivity index (χ3v) is 11.8. The number of nitrogens with two attached hydrogens (primary N) is 1. The Bertz CT molecular complexity index is 1810. The summed E-state index contributed by atoms with van der Waals surface area (Å²) >= 11 is 6.20. The van der Waals surface area contributed by atoms with Gasteiger partial charge in [0.05, 0.1) is 16.2 Å². The molecule has 4 bridgehead atoms. The first kappa shape index (κ1) is 31.9. The lowest BCUT2D eigenvalue weighted by Crippen LogP contribution is -2.53.